The van der Waals surface area contributed by atoms with Crippen LogP contribution in [0.3, 0.4) is 0 Å². The quantitative estimate of drug-likeness (QED) is 0.793. The molecule has 0 spiro atoms. The van der Waals surface area contributed by atoms with Gasteiger partial charge in [-0.2, -0.15) is 5.10 Å². The van der Waals surface area contributed by atoms with Crippen molar-refractivity contribution in [2.75, 3.05) is 6.61 Å². The number of aromatic nitrogens is 3. The summed E-state index contributed by atoms with van der Waals surface area (Å²) < 4.78 is 21.0. The number of nitrogens with one attached hydrogen (secondary N) is 1. The molecule has 5 nitrogen and oxygen atoms in total. The Hall–Kier alpha value is -2.73. The molecule has 1 aliphatic heterocycles. The Balaban J connectivity index is 1.57. The van der Waals surface area contributed by atoms with Gasteiger partial charge in [0.2, 0.25) is 0 Å². The van der Waals surface area contributed by atoms with Crippen molar-refractivity contribution in [3.63, 3.8) is 0 Å². The van der Waals surface area contributed by atoms with Gasteiger partial charge in [0.15, 0.2) is 0 Å². The number of aryl methyl sites for hydroxylation is 1. The average molecular weight is 338 g/mol. The fourth-order valence-electron chi connectivity index (χ4n) is 3.22. The van der Waals surface area contributed by atoms with Gasteiger partial charge in [-0.25, -0.2) is 4.39 Å². The summed E-state index contributed by atoms with van der Waals surface area (Å²) in [6.07, 6.45) is 6.36. The molecule has 3 heterocycles. The van der Waals surface area contributed by atoms with Crippen LogP contribution in [0.4, 0.5) is 4.39 Å². The molecule has 1 N–H and O–H groups in total. The maximum absolute atomic E-state index is 13.6. The first-order valence-corrected chi connectivity index (χ1v) is 8.29. The van der Waals surface area contributed by atoms with Crippen LogP contribution >= 0.6 is 0 Å². The zero-order chi connectivity index (χ0) is 17.2. The lowest BCUT2D eigenvalue weighted by Gasteiger charge is -2.26. The summed E-state index contributed by atoms with van der Waals surface area (Å²) in [7, 11) is 1.91. The van der Waals surface area contributed by atoms with E-state index >= 15 is 0 Å². The Kier molecular flexibility index (Phi) is 4.19. The van der Waals surface area contributed by atoms with Crippen molar-refractivity contribution in [3.8, 4) is 17.0 Å². The van der Waals surface area contributed by atoms with E-state index in [1.165, 1.54) is 6.07 Å². The van der Waals surface area contributed by atoms with E-state index in [4.69, 9.17) is 4.74 Å². The van der Waals surface area contributed by atoms with Crippen LogP contribution in [0.1, 0.15) is 23.6 Å². The van der Waals surface area contributed by atoms with Gasteiger partial charge < -0.3 is 10.1 Å². The van der Waals surface area contributed by atoms with Crippen molar-refractivity contribution in [2.24, 2.45) is 7.05 Å². The minimum absolute atomic E-state index is 0.0569. The third-order valence-electron chi connectivity index (χ3n) is 4.39. The van der Waals surface area contributed by atoms with E-state index in [1.54, 1.807) is 23.0 Å². The van der Waals surface area contributed by atoms with E-state index in [0.29, 0.717) is 13.2 Å². The molecule has 0 saturated carbocycles. The van der Waals surface area contributed by atoms with Crippen molar-refractivity contribution in [3.05, 3.63) is 65.9 Å². The van der Waals surface area contributed by atoms with Crippen LogP contribution in [0.5, 0.6) is 5.75 Å². The summed E-state index contributed by atoms with van der Waals surface area (Å²) in [5.41, 5.74) is 3.85. The number of hydrogen-bond acceptors (Lipinski definition) is 4. The maximum Gasteiger partial charge on any atom is 0.124 e. The Bertz CT molecular complexity index is 878. The molecule has 0 radical (unpaired) electrons. The fourth-order valence-corrected chi connectivity index (χ4v) is 3.22. The van der Waals surface area contributed by atoms with Gasteiger partial charge >= 0.3 is 0 Å². The Morgan fingerprint density at radius 1 is 1.36 bits per heavy atom. The second-order valence-electron chi connectivity index (χ2n) is 6.17. The Labute approximate surface area is 145 Å². The first-order valence-electron chi connectivity index (χ1n) is 8.29. The third-order valence-corrected chi connectivity index (χ3v) is 4.39. The van der Waals surface area contributed by atoms with Crippen LogP contribution in [-0.4, -0.2) is 21.4 Å². The van der Waals surface area contributed by atoms with Crippen LogP contribution in [0, 0.1) is 5.82 Å². The largest absolute Gasteiger partial charge is 0.493 e. The normalized spacial score (nSPS) is 16.3. The number of hydrogen-bond donors (Lipinski definition) is 1. The molecule has 128 valence electrons. The molecule has 25 heavy (non-hydrogen) atoms. The van der Waals surface area contributed by atoms with Crippen molar-refractivity contribution >= 4 is 0 Å². The first-order chi connectivity index (χ1) is 12.2. The maximum atomic E-state index is 13.6. The number of halogens is 1. The summed E-state index contributed by atoms with van der Waals surface area (Å²) in [5.74, 6) is 0.511. The van der Waals surface area contributed by atoms with Gasteiger partial charge in [0, 0.05) is 61.3 Å². The molecule has 6 heteroatoms. The van der Waals surface area contributed by atoms with Crippen LogP contribution in [0.2, 0.25) is 0 Å². The van der Waals surface area contributed by atoms with Gasteiger partial charge in [-0.3, -0.25) is 9.67 Å². The molecule has 2 aromatic heterocycles. The minimum atomic E-state index is -0.242. The van der Waals surface area contributed by atoms with Gasteiger partial charge in [0.1, 0.15) is 11.6 Å². The number of fused-ring (bicyclic) bond motifs is 1. The van der Waals surface area contributed by atoms with Gasteiger partial charge in [-0.15, -0.1) is 0 Å². The van der Waals surface area contributed by atoms with Crippen LogP contribution in [-0.2, 0) is 13.6 Å². The highest BCUT2D eigenvalue weighted by Gasteiger charge is 2.22. The molecule has 1 aromatic carbocycles. The van der Waals surface area contributed by atoms with E-state index < -0.39 is 0 Å². The van der Waals surface area contributed by atoms with Gasteiger partial charge in [0.25, 0.3) is 0 Å². The van der Waals surface area contributed by atoms with Gasteiger partial charge in [0.05, 0.1) is 12.3 Å². The van der Waals surface area contributed by atoms with E-state index in [1.807, 2.05) is 31.6 Å². The lowest BCUT2D eigenvalue weighted by molar-refractivity contribution is 0.251. The van der Waals surface area contributed by atoms with Gasteiger partial charge in [-0.1, -0.05) is 0 Å². The van der Waals surface area contributed by atoms with E-state index in [9.17, 15) is 4.39 Å². The van der Waals surface area contributed by atoms with E-state index in [0.717, 1.165) is 34.6 Å². The standard InChI is InChI=1S/C19H19FN4O/c1-24-12-14(19(23-24)13-3-2-7-21-10-13)11-22-17-6-8-25-18-5-4-15(20)9-16(17)18/h2-5,7,9-10,12,17,22H,6,8,11H2,1H3/t17-/m0/s1. The summed E-state index contributed by atoms with van der Waals surface area (Å²) in [5, 5.41) is 8.08. The fraction of sp³-hybridized carbons (Fsp3) is 0.263. The number of pyridine rings is 1. The lowest BCUT2D eigenvalue weighted by atomic mass is 10.00. The van der Waals surface area contributed by atoms with E-state index in [2.05, 4.69) is 15.4 Å². The zero-order valence-corrected chi connectivity index (χ0v) is 13.9. The molecule has 0 unspecified atom stereocenters. The van der Waals surface area contributed by atoms with Crippen molar-refractivity contribution in [2.45, 2.75) is 19.0 Å². The summed E-state index contributed by atoms with van der Waals surface area (Å²) in [6.45, 7) is 1.26. The number of benzene rings is 1. The molecule has 1 atom stereocenters. The molecular weight excluding hydrogens is 319 g/mol. The second kappa shape index (κ2) is 6.64. The SMILES string of the molecule is Cn1cc(CN[C@H]2CCOc3ccc(F)cc32)c(-c2cccnc2)n1. The molecule has 0 amide bonds. The molecule has 1 aliphatic rings. The molecule has 3 aromatic rings. The summed E-state index contributed by atoms with van der Waals surface area (Å²) in [4.78, 5) is 4.17. The number of ether oxygens (including phenoxy) is 1. The zero-order valence-electron chi connectivity index (χ0n) is 13.9. The van der Waals surface area contributed by atoms with E-state index in [-0.39, 0.29) is 11.9 Å². The highest BCUT2D eigenvalue weighted by Crippen LogP contribution is 2.33. The highest BCUT2D eigenvalue weighted by molar-refractivity contribution is 5.61. The first kappa shape index (κ1) is 15.8. The minimum Gasteiger partial charge on any atom is -0.493 e. The third kappa shape index (κ3) is 3.25. The Morgan fingerprint density at radius 3 is 3.12 bits per heavy atom. The molecular formula is C19H19FN4O. The predicted molar refractivity (Wildman–Crippen MR) is 92.5 cm³/mol. The smallest absolute Gasteiger partial charge is 0.124 e. The Morgan fingerprint density at radius 2 is 2.28 bits per heavy atom. The molecule has 0 aliphatic carbocycles. The summed E-state index contributed by atoms with van der Waals surface area (Å²) >= 11 is 0. The monoisotopic (exact) mass is 338 g/mol. The van der Waals surface area contributed by atoms with Crippen molar-refractivity contribution in [1.82, 2.24) is 20.1 Å². The molecule has 0 saturated heterocycles. The molecule has 0 bridgehead atoms. The van der Waals surface area contributed by atoms with Crippen molar-refractivity contribution < 1.29 is 9.13 Å². The average Bonchev–Trinajstić information content (AvgIpc) is 3.01. The lowest BCUT2D eigenvalue weighted by Crippen LogP contribution is -2.27. The van der Waals surface area contributed by atoms with Crippen LogP contribution < -0.4 is 10.1 Å². The second-order valence-corrected chi connectivity index (χ2v) is 6.17. The number of rotatable bonds is 4. The predicted octanol–water partition coefficient (Wildman–Crippen LogP) is 3.23. The topological polar surface area (TPSA) is 52.0 Å². The number of nitrogens with zero attached hydrogens (tertiary/aromatic N) is 3. The van der Waals surface area contributed by atoms with Crippen LogP contribution in [0.15, 0.2) is 48.9 Å². The molecule has 4 rings (SSSR count). The molecule has 0 fully saturated rings. The van der Waals surface area contributed by atoms with Crippen molar-refractivity contribution in [1.29, 1.82) is 0 Å². The highest BCUT2D eigenvalue weighted by atomic mass is 19.1. The summed E-state index contributed by atoms with van der Waals surface area (Å²) in [6, 6.07) is 8.64. The van der Waals surface area contributed by atoms with Crippen LogP contribution in [0.25, 0.3) is 11.3 Å². The van der Waals surface area contributed by atoms with Gasteiger partial charge in [-0.05, 0) is 30.3 Å².